The highest BCUT2D eigenvalue weighted by atomic mass is 32.1. The van der Waals surface area contributed by atoms with Crippen LogP contribution in [0.1, 0.15) is 4.88 Å². The van der Waals surface area contributed by atoms with Crippen LogP contribution >= 0.6 is 11.3 Å². The van der Waals surface area contributed by atoms with Gasteiger partial charge in [0.25, 0.3) is 0 Å². The van der Waals surface area contributed by atoms with Gasteiger partial charge in [0.15, 0.2) is 0 Å². The molecular weight excluding hydrogens is 316 g/mol. The van der Waals surface area contributed by atoms with E-state index in [4.69, 9.17) is 19.7 Å². The topological polar surface area (TPSA) is 137 Å². The van der Waals surface area contributed by atoms with Crippen LogP contribution in [-0.4, -0.2) is 68.8 Å². The minimum atomic E-state index is -1.66. The highest BCUT2D eigenvalue weighted by molar-refractivity contribution is 7.10. The normalized spacial score (nSPS) is 32.7. The molecule has 1 fully saturated rings. The summed E-state index contributed by atoms with van der Waals surface area (Å²) in [6.45, 7) is -0.623. The second kappa shape index (κ2) is 7.18. The minimum Gasteiger partial charge on any atom is -0.475 e. The summed E-state index contributed by atoms with van der Waals surface area (Å²) in [5, 5.41) is 49.1. The summed E-state index contributed by atoms with van der Waals surface area (Å²) in [5.74, 6) is -1.88. The molecule has 0 aromatic carbocycles. The average Bonchev–Trinajstić information content (AvgIpc) is 2.99. The lowest BCUT2D eigenvalue weighted by molar-refractivity contribution is -0.291. The standard InChI is InChI=1S/C13H16O8S/c14-5-8-9(15)10(16)11(17)13(21-8)20-7(12(18)19)4-6-2-1-3-22-6/h1-4,8-11,13-17H,5H2,(H,18,19)/b7-4-/t8-,9-,10+,11-,13-/m0/s1. The maximum atomic E-state index is 11.2. The number of rotatable bonds is 5. The van der Waals surface area contributed by atoms with E-state index in [1.807, 2.05) is 0 Å². The van der Waals surface area contributed by atoms with E-state index in [9.17, 15) is 20.1 Å². The highest BCUT2D eigenvalue weighted by Gasteiger charge is 2.45. The Balaban J connectivity index is 2.17. The van der Waals surface area contributed by atoms with Gasteiger partial charge in [-0.1, -0.05) is 6.07 Å². The monoisotopic (exact) mass is 332 g/mol. The zero-order chi connectivity index (χ0) is 16.3. The van der Waals surface area contributed by atoms with Crippen LogP contribution in [0.3, 0.4) is 0 Å². The molecule has 0 unspecified atom stereocenters. The van der Waals surface area contributed by atoms with Crippen LogP contribution in [0.4, 0.5) is 0 Å². The number of ether oxygens (including phenoxy) is 2. The first-order chi connectivity index (χ1) is 10.4. The molecule has 9 heteroatoms. The van der Waals surface area contributed by atoms with Crippen LogP contribution in [0.2, 0.25) is 0 Å². The van der Waals surface area contributed by atoms with Crippen molar-refractivity contribution in [2.45, 2.75) is 30.7 Å². The summed E-state index contributed by atoms with van der Waals surface area (Å²) in [7, 11) is 0. The summed E-state index contributed by atoms with van der Waals surface area (Å²) < 4.78 is 10.2. The molecular formula is C13H16O8S. The van der Waals surface area contributed by atoms with Crippen molar-refractivity contribution >= 4 is 23.4 Å². The number of hydrogen-bond donors (Lipinski definition) is 5. The van der Waals surface area contributed by atoms with Crippen molar-refractivity contribution in [1.29, 1.82) is 0 Å². The number of hydrogen-bond acceptors (Lipinski definition) is 8. The molecule has 5 atom stereocenters. The van der Waals surface area contributed by atoms with Crippen molar-refractivity contribution in [3.63, 3.8) is 0 Å². The van der Waals surface area contributed by atoms with Gasteiger partial charge in [-0.3, -0.25) is 0 Å². The largest absolute Gasteiger partial charge is 0.475 e. The Bertz CT molecular complexity index is 526. The summed E-state index contributed by atoms with van der Waals surface area (Å²) in [4.78, 5) is 11.8. The van der Waals surface area contributed by atoms with Gasteiger partial charge in [0, 0.05) is 11.0 Å². The van der Waals surface area contributed by atoms with Crippen LogP contribution in [0.15, 0.2) is 23.3 Å². The number of aliphatic carboxylic acids is 1. The molecule has 1 aliphatic rings. The van der Waals surface area contributed by atoms with E-state index >= 15 is 0 Å². The molecule has 0 bridgehead atoms. The van der Waals surface area contributed by atoms with Crippen LogP contribution in [0, 0.1) is 0 Å². The van der Waals surface area contributed by atoms with Gasteiger partial charge >= 0.3 is 5.97 Å². The second-order valence-electron chi connectivity index (χ2n) is 4.64. The molecule has 22 heavy (non-hydrogen) atoms. The molecule has 0 radical (unpaired) electrons. The van der Waals surface area contributed by atoms with Crippen LogP contribution in [0.5, 0.6) is 0 Å². The molecule has 1 aliphatic heterocycles. The van der Waals surface area contributed by atoms with Gasteiger partial charge in [-0.2, -0.15) is 0 Å². The van der Waals surface area contributed by atoms with Gasteiger partial charge in [-0.25, -0.2) is 4.79 Å². The van der Waals surface area contributed by atoms with Crippen LogP contribution in [0.25, 0.3) is 6.08 Å². The maximum absolute atomic E-state index is 11.2. The molecule has 0 aliphatic carbocycles. The minimum absolute atomic E-state index is 0.494. The van der Waals surface area contributed by atoms with E-state index in [1.54, 1.807) is 17.5 Å². The lowest BCUT2D eigenvalue weighted by Crippen LogP contribution is -2.59. The Morgan fingerprint density at radius 3 is 2.59 bits per heavy atom. The third kappa shape index (κ3) is 3.64. The first-order valence-corrected chi connectivity index (χ1v) is 7.27. The molecule has 0 saturated carbocycles. The molecule has 8 nitrogen and oxygen atoms in total. The fourth-order valence-electron chi connectivity index (χ4n) is 1.94. The van der Waals surface area contributed by atoms with Crippen molar-refractivity contribution in [3.05, 3.63) is 28.1 Å². The number of carboxylic acid groups (broad SMARTS) is 1. The summed E-state index contributed by atoms with van der Waals surface area (Å²) in [6.07, 6.45) is -6.28. The molecule has 5 N–H and O–H groups in total. The predicted octanol–water partition coefficient (Wildman–Crippen LogP) is -1.01. The third-order valence-electron chi connectivity index (χ3n) is 3.12. The lowest BCUT2D eigenvalue weighted by Gasteiger charge is -2.39. The number of aliphatic hydroxyl groups excluding tert-OH is 4. The molecule has 1 aromatic heterocycles. The van der Waals surface area contributed by atoms with Gasteiger partial charge in [0.2, 0.25) is 12.0 Å². The zero-order valence-corrected chi connectivity index (χ0v) is 12.1. The Labute approximate surface area is 129 Å². The molecule has 1 aromatic rings. The molecule has 2 heterocycles. The Morgan fingerprint density at radius 1 is 1.32 bits per heavy atom. The predicted molar refractivity (Wildman–Crippen MR) is 74.8 cm³/mol. The van der Waals surface area contributed by atoms with Crippen molar-refractivity contribution < 1.29 is 39.8 Å². The number of carboxylic acids is 1. The second-order valence-corrected chi connectivity index (χ2v) is 5.62. The Hall–Kier alpha value is -1.49. The van der Waals surface area contributed by atoms with Gasteiger partial charge < -0.3 is 35.0 Å². The Morgan fingerprint density at radius 2 is 2.05 bits per heavy atom. The smallest absolute Gasteiger partial charge is 0.371 e. The van der Waals surface area contributed by atoms with E-state index in [1.165, 1.54) is 17.4 Å². The van der Waals surface area contributed by atoms with E-state index in [2.05, 4.69) is 0 Å². The fraction of sp³-hybridized carbons (Fsp3) is 0.462. The van der Waals surface area contributed by atoms with E-state index < -0.39 is 49.0 Å². The first-order valence-electron chi connectivity index (χ1n) is 6.39. The summed E-state index contributed by atoms with van der Waals surface area (Å²) in [6, 6.07) is 3.40. The number of aliphatic hydroxyl groups is 4. The van der Waals surface area contributed by atoms with Gasteiger partial charge in [-0.05, 0) is 11.4 Å². The van der Waals surface area contributed by atoms with Gasteiger partial charge in [0.1, 0.15) is 24.4 Å². The van der Waals surface area contributed by atoms with Gasteiger partial charge in [0.05, 0.1) is 6.61 Å². The van der Waals surface area contributed by atoms with Crippen LogP contribution < -0.4 is 0 Å². The Kier molecular flexibility index (Phi) is 5.51. The quantitative estimate of drug-likeness (QED) is 0.342. The average molecular weight is 332 g/mol. The zero-order valence-electron chi connectivity index (χ0n) is 11.3. The van der Waals surface area contributed by atoms with E-state index in [0.29, 0.717) is 4.88 Å². The van der Waals surface area contributed by atoms with Gasteiger partial charge in [-0.15, -0.1) is 11.3 Å². The fourth-order valence-corrected chi connectivity index (χ4v) is 2.59. The van der Waals surface area contributed by atoms with Crippen molar-refractivity contribution in [2.24, 2.45) is 0 Å². The van der Waals surface area contributed by atoms with Crippen molar-refractivity contribution in [3.8, 4) is 0 Å². The molecule has 0 amide bonds. The van der Waals surface area contributed by atoms with E-state index in [-0.39, 0.29) is 0 Å². The molecule has 122 valence electrons. The van der Waals surface area contributed by atoms with E-state index in [0.717, 1.165) is 0 Å². The van der Waals surface area contributed by atoms with Crippen LogP contribution in [-0.2, 0) is 14.3 Å². The maximum Gasteiger partial charge on any atom is 0.371 e. The van der Waals surface area contributed by atoms with Crippen molar-refractivity contribution in [2.75, 3.05) is 6.61 Å². The summed E-state index contributed by atoms with van der Waals surface area (Å²) in [5.41, 5.74) is 0. The molecule has 1 saturated heterocycles. The first kappa shape index (κ1) is 16.9. The lowest BCUT2D eigenvalue weighted by atomic mass is 9.99. The SMILES string of the molecule is O=C(O)/C(=C/c1cccs1)O[C@H]1O[C@@H](CO)[C@H](O)[C@@H](O)[C@@H]1O. The molecule has 0 spiro atoms. The number of carbonyl (C=O) groups is 1. The molecule has 2 rings (SSSR count). The number of thiophene rings is 1. The third-order valence-corrected chi connectivity index (χ3v) is 3.94. The van der Waals surface area contributed by atoms with Crippen molar-refractivity contribution in [1.82, 2.24) is 0 Å². The summed E-state index contributed by atoms with van der Waals surface area (Å²) >= 11 is 1.29. The highest BCUT2D eigenvalue weighted by Crippen LogP contribution is 2.25.